The van der Waals surface area contributed by atoms with E-state index >= 15 is 0 Å². The molecule has 2 nitrogen and oxygen atoms in total. The van der Waals surface area contributed by atoms with E-state index in [1.54, 1.807) is 0 Å². The number of benzene rings is 1. The molecule has 1 heterocycles. The van der Waals surface area contributed by atoms with E-state index in [0.29, 0.717) is 0 Å². The molecule has 0 amide bonds. The first-order valence-electron chi connectivity index (χ1n) is 3.89. The standard InChI is InChI=1S/C10H7ClNO/c11-10(9-6-12-13-7-9)8-4-2-1-3-5-8/h1-5,7,10H. The van der Waals surface area contributed by atoms with Crippen LogP contribution in [0.1, 0.15) is 16.5 Å². The molecule has 1 aromatic heterocycles. The van der Waals surface area contributed by atoms with Crippen molar-refractivity contribution in [1.82, 2.24) is 5.16 Å². The van der Waals surface area contributed by atoms with Crippen molar-refractivity contribution in [2.75, 3.05) is 0 Å². The number of nitrogens with zero attached hydrogens (tertiary/aromatic N) is 1. The van der Waals surface area contributed by atoms with E-state index in [0.717, 1.165) is 11.1 Å². The molecule has 65 valence electrons. The summed E-state index contributed by atoms with van der Waals surface area (Å²) in [7, 11) is 0. The van der Waals surface area contributed by atoms with Crippen LogP contribution in [-0.4, -0.2) is 5.16 Å². The number of rotatable bonds is 2. The van der Waals surface area contributed by atoms with Gasteiger partial charge in [0, 0.05) is 5.56 Å². The lowest BCUT2D eigenvalue weighted by atomic mass is 10.1. The first kappa shape index (κ1) is 8.32. The van der Waals surface area contributed by atoms with Crippen LogP contribution in [0.25, 0.3) is 0 Å². The summed E-state index contributed by atoms with van der Waals surface area (Å²) in [6.07, 6.45) is 4.19. The molecule has 1 unspecified atom stereocenters. The van der Waals surface area contributed by atoms with E-state index in [1.807, 2.05) is 30.3 Å². The zero-order valence-corrected chi connectivity index (χ0v) is 7.53. The van der Waals surface area contributed by atoms with Crippen LogP contribution in [0.3, 0.4) is 0 Å². The van der Waals surface area contributed by atoms with Crippen molar-refractivity contribution in [3.63, 3.8) is 0 Å². The lowest BCUT2D eigenvalue weighted by Crippen LogP contribution is -1.90. The summed E-state index contributed by atoms with van der Waals surface area (Å²) in [5, 5.41) is 3.26. The number of halogens is 1. The summed E-state index contributed by atoms with van der Waals surface area (Å²) >= 11 is 6.14. The van der Waals surface area contributed by atoms with Crippen LogP contribution >= 0.6 is 11.6 Å². The summed E-state index contributed by atoms with van der Waals surface area (Å²) in [4.78, 5) is 0. The third-order valence-electron chi connectivity index (χ3n) is 1.77. The van der Waals surface area contributed by atoms with Gasteiger partial charge >= 0.3 is 0 Å². The Bertz CT molecular complexity index is 358. The predicted octanol–water partition coefficient (Wildman–Crippen LogP) is 2.80. The van der Waals surface area contributed by atoms with Gasteiger partial charge in [-0.1, -0.05) is 35.5 Å². The quantitative estimate of drug-likeness (QED) is 0.684. The molecule has 0 N–H and O–H groups in total. The topological polar surface area (TPSA) is 26.0 Å². The minimum Gasteiger partial charge on any atom is -0.364 e. The van der Waals surface area contributed by atoms with Gasteiger partial charge in [0.2, 0.25) is 0 Å². The minimum absolute atomic E-state index is 0.229. The Labute approximate surface area is 81.1 Å². The number of hydrogen-bond donors (Lipinski definition) is 0. The summed E-state index contributed by atoms with van der Waals surface area (Å²) in [6.45, 7) is 0. The van der Waals surface area contributed by atoms with Crippen LogP contribution in [0.2, 0.25) is 0 Å². The van der Waals surface area contributed by atoms with Gasteiger partial charge in [-0.3, -0.25) is 0 Å². The summed E-state index contributed by atoms with van der Waals surface area (Å²) in [5.41, 5.74) is 1.77. The monoisotopic (exact) mass is 192 g/mol. The molecule has 13 heavy (non-hydrogen) atoms. The van der Waals surface area contributed by atoms with Crippen molar-refractivity contribution in [1.29, 1.82) is 0 Å². The number of alkyl halides is 1. The zero-order valence-electron chi connectivity index (χ0n) is 6.77. The zero-order chi connectivity index (χ0) is 9.10. The highest BCUT2D eigenvalue weighted by Gasteiger charge is 2.11. The highest BCUT2D eigenvalue weighted by molar-refractivity contribution is 6.22. The van der Waals surface area contributed by atoms with Gasteiger partial charge in [-0.2, -0.15) is 0 Å². The van der Waals surface area contributed by atoms with Crippen LogP contribution in [0, 0.1) is 6.20 Å². The third-order valence-corrected chi connectivity index (χ3v) is 2.26. The maximum absolute atomic E-state index is 6.14. The smallest absolute Gasteiger partial charge is 0.141 e. The van der Waals surface area contributed by atoms with Gasteiger partial charge in [0.15, 0.2) is 0 Å². The van der Waals surface area contributed by atoms with Gasteiger partial charge in [-0.05, 0) is 5.56 Å². The molecule has 0 saturated carbocycles. The number of aromatic nitrogens is 1. The molecule has 2 rings (SSSR count). The fourth-order valence-electron chi connectivity index (χ4n) is 1.11. The Morgan fingerprint density at radius 2 is 2.08 bits per heavy atom. The third kappa shape index (κ3) is 1.73. The summed E-state index contributed by atoms with van der Waals surface area (Å²) < 4.78 is 4.67. The van der Waals surface area contributed by atoms with E-state index in [-0.39, 0.29) is 5.38 Å². The second-order valence-electron chi connectivity index (χ2n) is 2.65. The molecular formula is C10H7ClNO. The molecule has 1 radical (unpaired) electrons. The second-order valence-corrected chi connectivity index (χ2v) is 3.09. The summed E-state index contributed by atoms with van der Waals surface area (Å²) in [5.74, 6) is 0. The van der Waals surface area contributed by atoms with Crippen molar-refractivity contribution in [3.05, 3.63) is 53.9 Å². The SMILES string of the molecule is ClC(c1[c]noc1)c1ccccc1. The average molecular weight is 193 g/mol. The lowest BCUT2D eigenvalue weighted by molar-refractivity contribution is 0.417. The van der Waals surface area contributed by atoms with Gasteiger partial charge in [-0.15, -0.1) is 11.6 Å². The Kier molecular flexibility index (Phi) is 2.32. The fourth-order valence-corrected chi connectivity index (χ4v) is 1.35. The molecule has 0 saturated heterocycles. The highest BCUT2D eigenvalue weighted by Crippen LogP contribution is 2.27. The maximum atomic E-state index is 6.14. The number of hydrogen-bond acceptors (Lipinski definition) is 2. The fraction of sp³-hybridized carbons (Fsp3) is 0.100. The molecule has 1 aromatic carbocycles. The molecule has 0 aliphatic rings. The first-order chi connectivity index (χ1) is 6.38. The van der Waals surface area contributed by atoms with E-state index in [4.69, 9.17) is 11.6 Å². The van der Waals surface area contributed by atoms with Gasteiger partial charge in [0.25, 0.3) is 0 Å². The van der Waals surface area contributed by atoms with Crippen molar-refractivity contribution >= 4 is 11.6 Å². The van der Waals surface area contributed by atoms with Crippen LogP contribution in [0.4, 0.5) is 0 Å². The Hall–Kier alpha value is -1.28. The van der Waals surface area contributed by atoms with E-state index in [2.05, 4.69) is 15.9 Å². The van der Waals surface area contributed by atoms with Gasteiger partial charge in [0.1, 0.15) is 12.5 Å². The van der Waals surface area contributed by atoms with Crippen molar-refractivity contribution in [3.8, 4) is 0 Å². The van der Waals surface area contributed by atoms with Crippen LogP contribution in [0.15, 0.2) is 41.1 Å². The van der Waals surface area contributed by atoms with Gasteiger partial charge in [-0.25, -0.2) is 0 Å². The normalized spacial score (nSPS) is 12.7. The minimum atomic E-state index is -0.229. The molecule has 3 heteroatoms. The largest absolute Gasteiger partial charge is 0.364 e. The predicted molar refractivity (Wildman–Crippen MR) is 49.5 cm³/mol. The molecule has 0 spiro atoms. The van der Waals surface area contributed by atoms with Crippen molar-refractivity contribution in [2.24, 2.45) is 0 Å². The van der Waals surface area contributed by atoms with E-state index in [9.17, 15) is 0 Å². The Morgan fingerprint density at radius 3 is 2.69 bits per heavy atom. The lowest BCUT2D eigenvalue weighted by Gasteiger charge is -2.04. The molecular weight excluding hydrogens is 186 g/mol. The van der Waals surface area contributed by atoms with Gasteiger partial charge < -0.3 is 4.52 Å². The Balaban J connectivity index is 2.29. The maximum Gasteiger partial charge on any atom is 0.141 e. The van der Waals surface area contributed by atoms with Crippen molar-refractivity contribution in [2.45, 2.75) is 5.38 Å². The first-order valence-corrected chi connectivity index (χ1v) is 4.32. The average Bonchev–Trinajstić information content (AvgIpc) is 2.71. The second kappa shape index (κ2) is 3.62. The van der Waals surface area contributed by atoms with Crippen molar-refractivity contribution < 1.29 is 4.52 Å². The Morgan fingerprint density at radius 1 is 1.31 bits per heavy atom. The molecule has 0 aliphatic carbocycles. The van der Waals surface area contributed by atoms with Crippen LogP contribution < -0.4 is 0 Å². The van der Waals surface area contributed by atoms with Gasteiger partial charge in [0.05, 0.1) is 5.38 Å². The molecule has 1 atom stereocenters. The van der Waals surface area contributed by atoms with Crippen LogP contribution in [0.5, 0.6) is 0 Å². The highest BCUT2D eigenvalue weighted by atomic mass is 35.5. The molecule has 2 aromatic rings. The van der Waals surface area contributed by atoms with Crippen LogP contribution in [-0.2, 0) is 0 Å². The van der Waals surface area contributed by atoms with E-state index in [1.165, 1.54) is 6.26 Å². The molecule has 0 fully saturated rings. The molecule has 0 bridgehead atoms. The molecule has 0 aliphatic heterocycles. The van der Waals surface area contributed by atoms with E-state index < -0.39 is 0 Å². The summed E-state index contributed by atoms with van der Waals surface area (Å²) in [6, 6.07) is 9.75.